The third-order valence-electron chi connectivity index (χ3n) is 2.49. The second-order valence-corrected chi connectivity index (χ2v) is 4.01. The van der Waals surface area contributed by atoms with Crippen LogP contribution in [0.4, 0.5) is 13.2 Å². The number of carbonyl (C=O) groups is 1. The molecule has 1 atom stereocenters. The summed E-state index contributed by atoms with van der Waals surface area (Å²) < 4.78 is 41.2. The SMILES string of the molecule is C=C(CCCCC(C)C(F)(F)F)C(=O)OCC. The highest BCUT2D eigenvalue weighted by molar-refractivity contribution is 5.87. The number of rotatable bonds is 7. The maximum Gasteiger partial charge on any atom is 0.391 e. The van der Waals surface area contributed by atoms with Crippen molar-refractivity contribution >= 4 is 5.97 Å². The third-order valence-corrected chi connectivity index (χ3v) is 2.49. The first-order chi connectivity index (χ1) is 7.79. The van der Waals surface area contributed by atoms with E-state index in [1.165, 1.54) is 6.92 Å². The van der Waals surface area contributed by atoms with Gasteiger partial charge >= 0.3 is 12.1 Å². The van der Waals surface area contributed by atoms with Crippen molar-refractivity contribution in [2.75, 3.05) is 6.61 Å². The summed E-state index contributed by atoms with van der Waals surface area (Å²) in [5.74, 6) is -1.75. The quantitative estimate of drug-likeness (QED) is 0.390. The Balaban J connectivity index is 3.72. The predicted octanol–water partition coefficient (Wildman–Crippen LogP) is 3.86. The van der Waals surface area contributed by atoms with Crippen LogP contribution in [0.15, 0.2) is 12.2 Å². The molecule has 0 aliphatic rings. The third kappa shape index (κ3) is 7.02. The Morgan fingerprint density at radius 1 is 1.35 bits per heavy atom. The molecule has 17 heavy (non-hydrogen) atoms. The summed E-state index contributed by atoms with van der Waals surface area (Å²) >= 11 is 0. The first kappa shape index (κ1) is 16.0. The fraction of sp³-hybridized carbons (Fsp3) is 0.750. The molecule has 0 amide bonds. The van der Waals surface area contributed by atoms with Crippen LogP contribution in [-0.4, -0.2) is 18.8 Å². The Hall–Kier alpha value is -1.00. The molecule has 0 aromatic rings. The summed E-state index contributed by atoms with van der Waals surface area (Å²) in [5, 5.41) is 0. The fourth-order valence-electron chi connectivity index (χ4n) is 1.29. The van der Waals surface area contributed by atoms with Gasteiger partial charge in [-0.15, -0.1) is 0 Å². The Morgan fingerprint density at radius 2 is 1.94 bits per heavy atom. The van der Waals surface area contributed by atoms with E-state index in [1.54, 1.807) is 6.92 Å². The first-order valence-corrected chi connectivity index (χ1v) is 5.70. The number of unbranched alkanes of at least 4 members (excludes halogenated alkanes) is 1. The van der Waals surface area contributed by atoms with E-state index in [0.717, 1.165) is 0 Å². The van der Waals surface area contributed by atoms with Crippen LogP contribution in [0.2, 0.25) is 0 Å². The molecule has 0 aliphatic carbocycles. The lowest BCUT2D eigenvalue weighted by Gasteiger charge is -2.15. The van der Waals surface area contributed by atoms with Gasteiger partial charge in [0.15, 0.2) is 0 Å². The Labute approximate surface area is 99.8 Å². The van der Waals surface area contributed by atoms with Crippen molar-refractivity contribution in [3.05, 3.63) is 12.2 Å². The van der Waals surface area contributed by atoms with Crippen molar-refractivity contribution in [3.63, 3.8) is 0 Å². The van der Waals surface area contributed by atoms with Gasteiger partial charge in [0.05, 0.1) is 12.5 Å². The minimum atomic E-state index is -4.13. The predicted molar refractivity (Wildman–Crippen MR) is 59.5 cm³/mol. The van der Waals surface area contributed by atoms with Gasteiger partial charge in [-0.25, -0.2) is 4.79 Å². The van der Waals surface area contributed by atoms with E-state index < -0.39 is 18.1 Å². The van der Waals surface area contributed by atoms with Gasteiger partial charge in [-0.3, -0.25) is 0 Å². The van der Waals surface area contributed by atoms with Crippen molar-refractivity contribution in [3.8, 4) is 0 Å². The topological polar surface area (TPSA) is 26.3 Å². The molecule has 0 heterocycles. The van der Waals surface area contributed by atoms with Gasteiger partial charge in [0, 0.05) is 5.57 Å². The van der Waals surface area contributed by atoms with E-state index >= 15 is 0 Å². The van der Waals surface area contributed by atoms with Gasteiger partial charge < -0.3 is 4.74 Å². The molecule has 100 valence electrons. The average Bonchev–Trinajstić information content (AvgIpc) is 2.22. The largest absolute Gasteiger partial charge is 0.463 e. The molecule has 1 unspecified atom stereocenters. The van der Waals surface area contributed by atoms with Gasteiger partial charge in [-0.05, 0) is 26.2 Å². The van der Waals surface area contributed by atoms with E-state index in [-0.39, 0.29) is 13.0 Å². The van der Waals surface area contributed by atoms with Crippen LogP contribution in [-0.2, 0) is 9.53 Å². The molecule has 0 rings (SSSR count). The van der Waals surface area contributed by atoms with E-state index in [9.17, 15) is 18.0 Å². The lowest BCUT2D eigenvalue weighted by molar-refractivity contribution is -0.171. The number of hydrogen-bond acceptors (Lipinski definition) is 2. The van der Waals surface area contributed by atoms with E-state index in [0.29, 0.717) is 24.8 Å². The molecule has 2 nitrogen and oxygen atoms in total. The van der Waals surface area contributed by atoms with E-state index in [1.807, 2.05) is 0 Å². The summed E-state index contributed by atoms with van der Waals surface area (Å²) in [6, 6.07) is 0. The maximum atomic E-state index is 12.2. The highest BCUT2D eigenvalue weighted by Crippen LogP contribution is 2.29. The number of hydrogen-bond donors (Lipinski definition) is 0. The molecule has 0 N–H and O–H groups in total. The molecule has 0 saturated carbocycles. The van der Waals surface area contributed by atoms with Crippen LogP contribution in [0.25, 0.3) is 0 Å². The summed E-state index contributed by atoms with van der Waals surface area (Å²) in [6.45, 7) is 6.68. The highest BCUT2D eigenvalue weighted by atomic mass is 19.4. The second kappa shape index (κ2) is 7.35. The summed E-state index contributed by atoms with van der Waals surface area (Å²) in [5.41, 5.74) is 0.325. The zero-order valence-electron chi connectivity index (χ0n) is 10.3. The van der Waals surface area contributed by atoms with E-state index in [4.69, 9.17) is 4.74 Å². The van der Waals surface area contributed by atoms with Crippen LogP contribution >= 0.6 is 0 Å². The number of carbonyl (C=O) groups excluding carboxylic acids is 1. The Kier molecular flexibility index (Phi) is 6.92. The Morgan fingerprint density at radius 3 is 2.41 bits per heavy atom. The molecule has 0 fully saturated rings. The molecule has 0 radical (unpaired) electrons. The Bertz CT molecular complexity index is 259. The van der Waals surface area contributed by atoms with E-state index in [2.05, 4.69) is 6.58 Å². The second-order valence-electron chi connectivity index (χ2n) is 4.01. The average molecular weight is 252 g/mol. The van der Waals surface area contributed by atoms with Gasteiger partial charge in [-0.1, -0.05) is 19.9 Å². The number of alkyl halides is 3. The molecule has 0 aliphatic heterocycles. The molecular formula is C12H19F3O2. The van der Waals surface area contributed by atoms with Gasteiger partial charge in [0.2, 0.25) is 0 Å². The lowest BCUT2D eigenvalue weighted by Crippen LogP contribution is -2.19. The van der Waals surface area contributed by atoms with Crippen molar-refractivity contribution < 1.29 is 22.7 Å². The smallest absolute Gasteiger partial charge is 0.391 e. The highest BCUT2D eigenvalue weighted by Gasteiger charge is 2.34. The zero-order valence-corrected chi connectivity index (χ0v) is 10.3. The summed E-state index contributed by atoms with van der Waals surface area (Å²) in [6.07, 6.45) is -2.70. The fourth-order valence-corrected chi connectivity index (χ4v) is 1.29. The molecular weight excluding hydrogens is 233 g/mol. The lowest BCUT2D eigenvalue weighted by atomic mass is 10.0. The van der Waals surface area contributed by atoms with Crippen LogP contribution in [0.1, 0.15) is 39.5 Å². The molecule has 5 heteroatoms. The minimum Gasteiger partial charge on any atom is -0.463 e. The molecule has 0 aromatic heterocycles. The van der Waals surface area contributed by atoms with Crippen molar-refractivity contribution in [1.29, 1.82) is 0 Å². The number of halogens is 3. The minimum absolute atomic E-state index is 0.0829. The monoisotopic (exact) mass is 252 g/mol. The normalized spacial score (nSPS) is 13.2. The maximum absolute atomic E-state index is 12.2. The number of esters is 1. The van der Waals surface area contributed by atoms with Crippen LogP contribution < -0.4 is 0 Å². The molecule has 0 saturated heterocycles. The zero-order chi connectivity index (χ0) is 13.5. The van der Waals surface area contributed by atoms with Gasteiger partial charge in [-0.2, -0.15) is 13.2 Å². The molecule has 0 spiro atoms. The van der Waals surface area contributed by atoms with Crippen molar-refractivity contribution in [2.45, 2.75) is 45.7 Å². The molecule has 0 aromatic carbocycles. The standard InChI is InChI=1S/C12H19F3O2/c1-4-17-11(16)9(2)7-5-6-8-10(3)12(13,14)15/h10H,2,4-8H2,1,3H3. The first-order valence-electron chi connectivity index (χ1n) is 5.70. The van der Waals surface area contributed by atoms with Gasteiger partial charge in [0.1, 0.15) is 0 Å². The van der Waals surface area contributed by atoms with Crippen LogP contribution in [0.3, 0.4) is 0 Å². The van der Waals surface area contributed by atoms with Crippen LogP contribution in [0, 0.1) is 5.92 Å². The number of ether oxygens (including phenoxy) is 1. The van der Waals surface area contributed by atoms with Gasteiger partial charge in [0.25, 0.3) is 0 Å². The summed E-state index contributed by atoms with van der Waals surface area (Å²) in [7, 11) is 0. The molecule has 0 bridgehead atoms. The van der Waals surface area contributed by atoms with Crippen molar-refractivity contribution in [2.24, 2.45) is 5.92 Å². The van der Waals surface area contributed by atoms with Crippen molar-refractivity contribution in [1.82, 2.24) is 0 Å². The summed E-state index contributed by atoms with van der Waals surface area (Å²) in [4.78, 5) is 11.1. The van der Waals surface area contributed by atoms with Crippen LogP contribution in [0.5, 0.6) is 0 Å².